The van der Waals surface area contributed by atoms with Gasteiger partial charge in [-0.1, -0.05) is 30.3 Å². The monoisotopic (exact) mass is 316 g/mol. The van der Waals surface area contributed by atoms with Gasteiger partial charge in [-0.15, -0.1) is 0 Å². The largest absolute Gasteiger partial charge is 0.393 e. The van der Waals surface area contributed by atoms with Gasteiger partial charge in [0.05, 0.1) is 13.2 Å². The maximum Gasteiger partial charge on any atom is 0.281 e. The maximum absolute atomic E-state index is 14.0. The molecule has 118 valence electrons. The number of likely N-dealkylation sites (N-methyl/N-ethyl adjacent to an activating group) is 1. The minimum Gasteiger partial charge on any atom is -0.393 e. The number of alkyl halides is 1. The molecule has 5 nitrogen and oxygen atoms in total. The minimum atomic E-state index is -3.67. The Hall–Kier alpha value is -1.02. The number of aliphatic hydroxyl groups excluding tert-OH is 1. The molecule has 0 amide bonds. The van der Waals surface area contributed by atoms with Gasteiger partial charge in [-0.3, -0.25) is 0 Å². The fourth-order valence-electron chi connectivity index (χ4n) is 2.37. The highest BCUT2D eigenvalue weighted by Gasteiger charge is 2.43. The van der Waals surface area contributed by atoms with Crippen molar-refractivity contribution in [3.8, 4) is 0 Å². The van der Waals surface area contributed by atoms with Crippen LogP contribution in [-0.2, 0) is 16.6 Å². The zero-order valence-corrected chi connectivity index (χ0v) is 12.9. The van der Waals surface area contributed by atoms with E-state index in [0.29, 0.717) is 13.0 Å². The molecule has 1 aliphatic rings. The van der Waals surface area contributed by atoms with Crippen LogP contribution < -0.4 is 0 Å². The number of hydrogen-bond donors (Lipinski definition) is 1. The summed E-state index contributed by atoms with van der Waals surface area (Å²) in [5, 5.41) is 8.99. The molecule has 0 aromatic heterocycles. The van der Waals surface area contributed by atoms with Crippen molar-refractivity contribution in [2.75, 3.05) is 33.3 Å². The molecule has 0 aliphatic carbocycles. The number of hydrogen-bond acceptors (Lipinski definition) is 3. The first-order valence-electron chi connectivity index (χ1n) is 6.92. The molecule has 1 aromatic carbocycles. The molecular weight excluding hydrogens is 295 g/mol. The van der Waals surface area contributed by atoms with Gasteiger partial charge >= 0.3 is 0 Å². The average Bonchev–Trinajstić information content (AvgIpc) is 2.90. The van der Waals surface area contributed by atoms with Gasteiger partial charge in [0, 0.05) is 20.1 Å². The van der Waals surface area contributed by atoms with Gasteiger partial charge in [0.2, 0.25) is 0 Å². The van der Waals surface area contributed by atoms with Crippen molar-refractivity contribution >= 4 is 10.2 Å². The molecule has 1 aromatic rings. The predicted molar refractivity (Wildman–Crippen MR) is 78.8 cm³/mol. The first kappa shape index (κ1) is 16.4. The van der Waals surface area contributed by atoms with Crippen LogP contribution in [0.15, 0.2) is 30.3 Å². The Morgan fingerprint density at radius 3 is 2.62 bits per heavy atom. The van der Waals surface area contributed by atoms with Crippen LogP contribution in [0.5, 0.6) is 0 Å². The van der Waals surface area contributed by atoms with Crippen LogP contribution in [0, 0.1) is 0 Å². The van der Waals surface area contributed by atoms with Gasteiger partial charge in [-0.25, -0.2) is 4.39 Å². The Kier molecular flexibility index (Phi) is 4.98. The number of benzene rings is 1. The van der Waals surface area contributed by atoms with Gasteiger partial charge in [-0.05, 0) is 18.4 Å². The molecule has 1 heterocycles. The standard InChI is InChI=1S/C14H21FN2O3S/c1-16(9-7-13-5-3-2-4-6-13)21(19,20)17-10-8-14(15,11-17)12-18/h2-6,18H,7-12H2,1H3. The molecule has 0 radical (unpaired) electrons. The molecule has 1 fully saturated rings. The Balaban J connectivity index is 1.96. The van der Waals surface area contributed by atoms with Crippen LogP contribution in [0.25, 0.3) is 0 Å². The van der Waals surface area contributed by atoms with E-state index in [2.05, 4.69) is 0 Å². The molecule has 7 heteroatoms. The summed E-state index contributed by atoms with van der Waals surface area (Å²) in [6.07, 6.45) is 0.639. The smallest absolute Gasteiger partial charge is 0.281 e. The van der Waals surface area contributed by atoms with Crippen LogP contribution in [0.4, 0.5) is 4.39 Å². The van der Waals surface area contributed by atoms with Crippen LogP contribution in [0.2, 0.25) is 0 Å². The molecule has 2 rings (SSSR count). The van der Waals surface area contributed by atoms with Gasteiger partial charge in [0.1, 0.15) is 5.67 Å². The van der Waals surface area contributed by atoms with Crippen molar-refractivity contribution in [2.24, 2.45) is 0 Å². The molecule has 1 N–H and O–H groups in total. The molecular formula is C14H21FN2O3S. The molecule has 21 heavy (non-hydrogen) atoms. The molecule has 1 unspecified atom stereocenters. The molecule has 1 saturated heterocycles. The summed E-state index contributed by atoms with van der Waals surface area (Å²) in [6.45, 7) is -0.482. The van der Waals surface area contributed by atoms with E-state index in [9.17, 15) is 12.8 Å². The predicted octanol–water partition coefficient (Wildman–Crippen LogP) is 0.812. The highest BCUT2D eigenvalue weighted by molar-refractivity contribution is 7.86. The normalized spacial score (nSPS) is 23.8. The van der Waals surface area contributed by atoms with Gasteiger partial charge in [0.25, 0.3) is 10.2 Å². The fraction of sp³-hybridized carbons (Fsp3) is 0.571. The highest BCUT2D eigenvalue weighted by Crippen LogP contribution is 2.27. The summed E-state index contributed by atoms with van der Waals surface area (Å²) in [6, 6.07) is 9.60. The lowest BCUT2D eigenvalue weighted by atomic mass is 10.1. The van der Waals surface area contributed by atoms with Gasteiger partial charge in [0.15, 0.2) is 0 Å². The summed E-state index contributed by atoms with van der Waals surface area (Å²) in [7, 11) is -2.18. The summed E-state index contributed by atoms with van der Waals surface area (Å²) in [4.78, 5) is 0. The highest BCUT2D eigenvalue weighted by atomic mass is 32.2. The summed E-state index contributed by atoms with van der Waals surface area (Å²) in [5.74, 6) is 0. The van der Waals surface area contributed by atoms with Crippen molar-refractivity contribution in [1.29, 1.82) is 0 Å². The van der Waals surface area contributed by atoms with Crippen LogP contribution in [-0.4, -0.2) is 61.1 Å². The first-order valence-corrected chi connectivity index (χ1v) is 8.32. The van der Waals surface area contributed by atoms with Crippen molar-refractivity contribution in [3.63, 3.8) is 0 Å². The second-order valence-corrected chi connectivity index (χ2v) is 7.49. The maximum atomic E-state index is 14.0. The minimum absolute atomic E-state index is 0.0370. The lowest BCUT2D eigenvalue weighted by Gasteiger charge is -2.24. The van der Waals surface area contributed by atoms with Crippen LogP contribution in [0.1, 0.15) is 12.0 Å². The lowest BCUT2D eigenvalue weighted by Crippen LogP contribution is -2.43. The average molecular weight is 316 g/mol. The number of nitrogens with zero attached hydrogens (tertiary/aromatic N) is 2. The number of halogens is 1. The second-order valence-electron chi connectivity index (χ2n) is 5.46. The first-order chi connectivity index (χ1) is 9.87. The number of aliphatic hydroxyl groups is 1. The van der Waals surface area contributed by atoms with E-state index in [1.165, 1.54) is 11.4 Å². The number of rotatable bonds is 6. The van der Waals surface area contributed by atoms with Crippen molar-refractivity contribution in [1.82, 2.24) is 8.61 Å². The molecule has 0 spiro atoms. The summed E-state index contributed by atoms with van der Waals surface area (Å²) in [5.41, 5.74) is -0.760. The molecule has 0 bridgehead atoms. The quantitative estimate of drug-likeness (QED) is 0.845. The SMILES string of the molecule is CN(CCc1ccccc1)S(=O)(=O)N1CCC(F)(CO)C1. The van der Waals surface area contributed by atoms with E-state index in [-0.39, 0.29) is 19.5 Å². The van der Waals surface area contributed by atoms with E-state index in [4.69, 9.17) is 5.11 Å². The van der Waals surface area contributed by atoms with E-state index in [0.717, 1.165) is 9.87 Å². The fourth-order valence-corrected chi connectivity index (χ4v) is 3.80. The van der Waals surface area contributed by atoms with Crippen LogP contribution in [0.3, 0.4) is 0 Å². The Morgan fingerprint density at radius 2 is 2.05 bits per heavy atom. The zero-order chi connectivity index (χ0) is 15.5. The van der Waals surface area contributed by atoms with Crippen LogP contribution >= 0.6 is 0 Å². The molecule has 1 aliphatic heterocycles. The lowest BCUT2D eigenvalue weighted by molar-refractivity contribution is 0.0840. The van der Waals surface area contributed by atoms with Crippen molar-refractivity contribution in [3.05, 3.63) is 35.9 Å². The molecule has 0 saturated carbocycles. The Morgan fingerprint density at radius 1 is 1.38 bits per heavy atom. The zero-order valence-electron chi connectivity index (χ0n) is 12.1. The van der Waals surface area contributed by atoms with E-state index < -0.39 is 22.5 Å². The summed E-state index contributed by atoms with van der Waals surface area (Å²) < 4.78 is 41.0. The molecule has 1 atom stereocenters. The van der Waals surface area contributed by atoms with Crippen molar-refractivity contribution < 1.29 is 17.9 Å². The topological polar surface area (TPSA) is 60.9 Å². The van der Waals surface area contributed by atoms with Crippen molar-refractivity contribution in [2.45, 2.75) is 18.5 Å². The third-order valence-electron chi connectivity index (χ3n) is 3.83. The Labute approximate surface area is 125 Å². The third-order valence-corrected chi connectivity index (χ3v) is 5.77. The third kappa shape index (κ3) is 3.79. The van der Waals surface area contributed by atoms with Gasteiger partial charge < -0.3 is 5.11 Å². The van der Waals surface area contributed by atoms with Gasteiger partial charge in [-0.2, -0.15) is 17.0 Å². The van der Waals surface area contributed by atoms with E-state index >= 15 is 0 Å². The Bertz CT molecular complexity index is 567. The van der Waals surface area contributed by atoms with E-state index in [1.54, 1.807) is 0 Å². The van der Waals surface area contributed by atoms with E-state index in [1.807, 2.05) is 30.3 Å². The summed E-state index contributed by atoms with van der Waals surface area (Å²) >= 11 is 0. The second kappa shape index (κ2) is 6.39.